The summed E-state index contributed by atoms with van der Waals surface area (Å²) in [7, 11) is 0. The third kappa shape index (κ3) is 4.47. The van der Waals surface area contributed by atoms with Gasteiger partial charge >= 0.3 is 0 Å². The van der Waals surface area contributed by atoms with Gasteiger partial charge in [-0.3, -0.25) is 4.90 Å². The molecule has 1 N–H and O–H groups in total. The molecule has 1 heterocycles. The summed E-state index contributed by atoms with van der Waals surface area (Å²) in [6.07, 6.45) is 3.31. The molecule has 3 nitrogen and oxygen atoms in total. The SMILES string of the molecule is C[C@@H]1CCC[C@H](C)N1C[C@H](O)COc1ccc(Br)cc1. The fourth-order valence-electron chi connectivity index (χ4n) is 2.85. The Bertz CT molecular complexity index is 399. The van der Waals surface area contributed by atoms with Crippen LogP contribution in [0.5, 0.6) is 5.75 Å². The second kappa shape index (κ2) is 7.43. The van der Waals surface area contributed by atoms with E-state index in [-0.39, 0.29) is 0 Å². The lowest BCUT2D eigenvalue weighted by Crippen LogP contribution is -2.48. The molecule has 0 bridgehead atoms. The van der Waals surface area contributed by atoms with E-state index in [1.54, 1.807) is 0 Å². The number of aliphatic hydroxyl groups is 1. The third-order valence-electron chi connectivity index (χ3n) is 4.05. The second-order valence-corrected chi connectivity index (χ2v) is 6.66. The summed E-state index contributed by atoms with van der Waals surface area (Å²) in [6, 6.07) is 8.81. The molecule has 0 aliphatic carbocycles. The average molecular weight is 342 g/mol. The van der Waals surface area contributed by atoms with Crippen molar-refractivity contribution in [1.29, 1.82) is 0 Å². The summed E-state index contributed by atoms with van der Waals surface area (Å²) in [5.41, 5.74) is 0. The minimum Gasteiger partial charge on any atom is -0.491 e. The van der Waals surface area contributed by atoms with E-state index < -0.39 is 6.10 Å². The van der Waals surface area contributed by atoms with Crippen LogP contribution in [0.25, 0.3) is 0 Å². The number of hydrogen-bond donors (Lipinski definition) is 1. The summed E-state index contributed by atoms with van der Waals surface area (Å²) < 4.78 is 6.67. The van der Waals surface area contributed by atoms with E-state index in [1.165, 1.54) is 19.3 Å². The van der Waals surface area contributed by atoms with Gasteiger partial charge in [-0.2, -0.15) is 0 Å². The Hall–Kier alpha value is -0.580. The molecule has 0 aromatic heterocycles. The summed E-state index contributed by atoms with van der Waals surface area (Å²) in [6.45, 7) is 5.53. The lowest BCUT2D eigenvalue weighted by atomic mass is 9.97. The number of nitrogens with zero attached hydrogens (tertiary/aromatic N) is 1. The van der Waals surface area contributed by atoms with Gasteiger partial charge in [-0.1, -0.05) is 22.4 Å². The van der Waals surface area contributed by atoms with E-state index in [0.717, 1.165) is 10.2 Å². The number of rotatable bonds is 5. The van der Waals surface area contributed by atoms with Crippen molar-refractivity contribution in [3.63, 3.8) is 0 Å². The maximum atomic E-state index is 10.2. The van der Waals surface area contributed by atoms with E-state index in [2.05, 4.69) is 34.7 Å². The first-order valence-electron chi connectivity index (χ1n) is 7.38. The van der Waals surface area contributed by atoms with Gasteiger partial charge in [-0.15, -0.1) is 0 Å². The van der Waals surface area contributed by atoms with Gasteiger partial charge in [0.25, 0.3) is 0 Å². The Morgan fingerprint density at radius 1 is 1.25 bits per heavy atom. The molecule has 1 aliphatic heterocycles. The van der Waals surface area contributed by atoms with E-state index >= 15 is 0 Å². The van der Waals surface area contributed by atoms with Gasteiger partial charge < -0.3 is 9.84 Å². The largest absolute Gasteiger partial charge is 0.491 e. The van der Waals surface area contributed by atoms with Gasteiger partial charge in [0.1, 0.15) is 18.5 Å². The molecular formula is C16H24BrNO2. The summed E-state index contributed by atoms with van der Waals surface area (Å²) in [5, 5.41) is 10.2. The van der Waals surface area contributed by atoms with Crippen LogP contribution in [0.4, 0.5) is 0 Å². The van der Waals surface area contributed by atoms with Crippen LogP contribution in [0.2, 0.25) is 0 Å². The van der Waals surface area contributed by atoms with Crippen molar-refractivity contribution >= 4 is 15.9 Å². The first-order valence-corrected chi connectivity index (χ1v) is 8.17. The predicted octanol–water partition coefficient (Wildman–Crippen LogP) is 3.45. The maximum Gasteiger partial charge on any atom is 0.119 e. The Labute approximate surface area is 130 Å². The molecule has 1 saturated heterocycles. The Kier molecular flexibility index (Phi) is 5.87. The molecule has 112 valence electrons. The molecule has 3 atom stereocenters. The molecular weight excluding hydrogens is 318 g/mol. The molecule has 2 rings (SSSR count). The zero-order chi connectivity index (χ0) is 14.5. The Balaban J connectivity index is 1.79. The molecule has 0 saturated carbocycles. The third-order valence-corrected chi connectivity index (χ3v) is 4.58. The minimum atomic E-state index is -0.443. The number of halogens is 1. The average Bonchev–Trinajstić information content (AvgIpc) is 2.42. The number of β-amino-alcohol motifs (C(OH)–C–C–N with tert-alkyl or cyclic N) is 1. The quantitative estimate of drug-likeness (QED) is 0.890. The van der Waals surface area contributed by atoms with E-state index in [9.17, 15) is 5.11 Å². The normalized spacial score (nSPS) is 25.4. The number of aliphatic hydroxyl groups excluding tert-OH is 1. The number of piperidine rings is 1. The van der Waals surface area contributed by atoms with Crippen molar-refractivity contribution in [2.75, 3.05) is 13.2 Å². The molecule has 1 aliphatic rings. The highest BCUT2D eigenvalue weighted by Crippen LogP contribution is 2.22. The maximum absolute atomic E-state index is 10.2. The highest BCUT2D eigenvalue weighted by atomic mass is 79.9. The van der Waals surface area contributed by atoms with Crippen LogP contribution in [0, 0.1) is 0 Å². The first kappa shape index (κ1) is 15.8. The standard InChI is InChI=1S/C16H24BrNO2/c1-12-4-3-5-13(2)18(12)10-15(19)11-20-16-8-6-14(17)7-9-16/h6-9,12-13,15,19H,3-5,10-11H2,1-2H3/t12-,13+,15-/m0/s1. The first-order chi connectivity index (χ1) is 9.56. The second-order valence-electron chi connectivity index (χ2n) is 5.74. The predicted molar refractivity (Wildman–Crippen MR) is 85.1 cm³/mol. The van der Waals surface area contributed by atoms with Crippen molar-refractivity contribution < 1.29 is 9.84 Å². The van der Waals surface area contributed by atoms with Gasteiger partial charge in [0.2, 0.25) is 0 Å². The highest BCUT2D eigenvalue weighted by Gasteiger charge is 2.26. The van der Waals surface area contributed by atoms with Crippen LogP contribution < -0.4 is 4.74 Å². The molecule has 4 heteroatoms. The van der Waals surface area contributed by atoms with Crippen molar-refractivity contribution in [2.45, 2.75) is 51.3 Å². The zero-order valence-corrected chi connectivity index (χ0v) is 13.8. The van der Waals surface area contributed by atoms with Crippen LogP contribution in [0.3, 0.4) is 0 Å². The fraction of sp³-hybridized carbons (Fsp3) is 0.625. The van der Waals surface area contributed by atoms with Gasteiger partial charge in [-0.05, 0) is 51.0 Å². The molecule has 0 amide bonds. The van der Waals surface area contributed by atoms with E-state index in [1.807, 2.05) is 24.3 Å². The van der Waals surface area contributed by atoms with E-state index in [4.69, 9.17) is 4.74 Å². The van der Waals surface area contributed by atoms with Crippen LogP contribution in [-0.4, -0.2) is 41.3 Å². The van der Waals surface area contributed by atoms with Crippen LogP contribution >= 0.6 is 15.9 Å². The van der Waals surface area contributed by atoms with Gasteiger partial charge in [0.05, 0.1) is 0 Å². The Morgan fingerprint density at radius 2 is 1.85 bits per heavy atom. The number of hydrogen-bond acceptors (Lipinski definition) is 3. The monoisotopic (exact) mass is 341 g/mol. The topological polar surface area (TPSA) is 32.7 Å². The van der Waals surface area contributed by atoms with Crippen molar-refractivity contribution in [3.8, 4) is 5.75 Å². The minimum absolute atomic E-state index is 0.345. The van der Waals surface area contributed by atoms with Crippen molar-refractivity contribution in [3.05, 3.63) is 28.7 Å². The molecule has 1 fully saturated rings. The molecule has 20 heavy (non-hydrogen) atoms. The van der Waals surface area contributed by atoms with Crippen LogP contribution in [0.15, 0.2) is 28.7 Å². The van der Waals surface area contributed by atoms with Gasteiger partial charge in [0, 0.05) is 23.1 Å². The highest BCUT2D eigenvalue weighted by molar-refractivity contribution is 9.10. The fourth-order valence-corrected chi connectivity index (χ4v) is 3.12. The van der Waals surface area contributed by atoms with Gasteiger partial charge in [0.15, 0.2) is 0 Å². The van der Waals surface area contributed by atoms with Crippen molar-refractivity contribution in [2.24, 2.45) is 0 Å². The molecule has 1 aromatic rings. The molecule has 0 spiro atoms. The van der Waals surface area contributed by atoms with Crippen LogP contribution in [0.1, 0.15) is 33.1 Å². The molecule has 1 aromatic carbocycles. The number of benzene rings is 1. The van der Waals surface area contributed by atoms with Crippen LogP contribution in [-0.2, 0) is 0 Å². The summed E-state index contributed by atoms with van der Waals surface area (Å²) >= 11 is 3.39. The molecule has 0 radical (unpaired) electrons. The lowest BCUT2D eigenvalue weighted by molar-refractivity contribution is 0.0209. The number of ether oxygens (including phenoxy) is 1. The van der Waals surface area contributed by atoms with E-state index in [0.29, 0.717) is 25.2 Å². The lowest BCUT2D eigenvalue weighted by Gasteiger charge is -2.40. The van der Waals surface area contributed by atoms with Gasteiger partial charge in [-0.25, -0.2) is 0 Å². The van der Waals surface area contributed by atoms with Crippen molar-refractivity contribution in [1.82, 2.24) is 4.90 Å². The summed E-state index contributed by atoms with van der Waals surface area (Å²) in [4.78, 5) is 2.40. The zero-order valence-electron chi connectivity index (χ0n) is 12.3. The number of likely N-dealkylation sites (tertiary alicyclic amines) is 1. The Morgan fingerprint density at radius 3 is 2.45 bits per heavy atom. The summed E-state index contributed by atoms with van der Waals surface area (Å²) in [5.74, 6) is 0.798. The molecule has 0 unspecified atom stereocenters. The smallest absolute Gasteiger partial charge is 0.119 e.